The topological polar surface area (TPSA) is 96.7 Å². The lowest BCUT2D eigenvalue weighted by Crippen LogP contribution is -2.07. The molecule has 0 amide bonds. The van der Waals surface area contributed by atoms with E-state index in [1.807, 2.05) is 0 Å². The molecule has 0 bridgehead atoms. The molecule has 0 saturated heterocycles. The SMILES string of the molecule is O=[N+]([O-])c1cc(F)c(NCCCc2ncn[nH]2)c(F)c1. The molecule has 0 saturated carbocycles. The molecule has 2 rings (SSSR count). The van der Waals surface area contributed by atoms with E-state index in [2.05, 4.69) is 20.5 Å². The van der Waals surface area contributed by atoms with E-state index in [1.54, 1.807) is 0 Å². The summed E-state index contributed by atoms with van der Waals surface area (Å²) in [4.78, 5) is 13.5. The van der Waals surface area contributed by atoms with Crippen LogP contribution in [0.25, 0.3) is 0 Å². The van der Waals surface area contributed by atoms with Crippen molar-refractivity contribution in [1.82, 2.24) is 15.2 Å². The van der Waals surface area contributed by atoms with Gasteiger partial charge >= 0.3 is 0 Å². The number of hydrogen-bond donors (Lipinski definition) is 2. The van der Waals surface area contributed by atoms with Crippen LogP contribution in [-0.4, -0.2) is 26.6 Å². The maximum Gasteiger partial charge on any atom is 0.275 e. The van der Waals surface area contributed by atoms with Gasteiger partial charge in [0.25, 0.3) is 5.69 Å². The van der Waals surface area contributed by atoms with Gasteiger partial charge in [-0.15, -0.1) is 0 Å². The summed E-state index contributed by atoms with van der Waals surface area (Å²) in [6.07, 6.45) is 2.52. The van der Waals surface area contributed by atoms with Gasteiger partial charge in [-0.2, -0.15) is 5.10 Å². The van der Waals surface area contributed by atoms with E-state index in [0.29, 0.717) is 37.3 Å². The van der Waals surface area contributed by atoms with Crippen LogP contribution < -0.4 is 5.32 Å². The van der Waals surface area contributed by atoms with Crippen LogP contribution in [0, 0.1) is 21.7 Å². The van der Waals surface area contributed by atoms with Crippen LogP contribution >= 0.6 is 0 Å². The lowest BCUT2D eigenvalue weighted by atomic mass is 10.2. The summed E-state index contributed by atoms with van der Waals surface area (Å²) >= 11 is 0. The molecule has 0 spiro atoms. The Bertz CT molecular complexity index is 580. The fraction of sp³-hybridized carbons (Fsp3) is 0.273. The van der Waals surface area contributed by atoms with Gasteiger partial charge in [-0.05, 0) is 6.42 Å². The number of nitrogens with one attached hydrogen (secondary N) is 2. The number of benzene rings is 1. The van der Waals surface area contributed by atoms with E-state index in [-0.39, 0.29) is 5.69 Å². The van der Waals surface area contributed by atoms with Crippen molar-refractivity contribution in [3.63, 3.8) is 0 Å². The third kappa shape index (κ3) is 3.25. The molecule has 1 aromatic carbocycles. The molecule has 0 fully saturated rings. The molecule has 0 aliphatic heterocycles. The second kappa shape index (κ2) is 6.04. The first kappa shape index (κ1) is 13.8. The summed E-state index contributed by atoms with van der Waals surface area (Å²) < 4.78 is 27.1. The van der Waals surface area contributed by atoms with E-state index < -0.39 is 22.2 Å². The van der Waals surface area contributed by atoms with E-state index in [4.69, 9.17) is 0 Å². The van der Waals surface area contributed by atoms with E-state index in [0.717, 1.165) is 0 Å². The maximum absolute atomic E-state index is 13.5. The van der Waals surface area contributed by atoms with Crippen molar-refractivity contribution in [3.8, 4) is 0 Å². The summed E-state index contributed by atoms with van der Waals surface area (Å²) in [5.41, 5.74) is -0.986. The summed E-state index contributed by atoms with van der Waals surface area (Å²) in [5.74, 6) is -1.30. The van der Waals surface area contributed by atoms with Crippen molar-refractivity contribution in [2.45, 2.75) is 12.8 Å². The highest BCUT2D eigenvalue weighted by atomic mass is 19.1. The number of non-ortho nitro benzene ring substituents is 1. The molecule has 1 aromatic heterocycles. The van der Waals surface area contributed by atoms with Gasteiger partial charge in [-0.1, -0.05) is 0 Å². The molecule has 0 radical (unpaired) electrons. The van der Waals surface area contributed by atoms with Crippen LogP contribution in [0.15, 0.2) is 18.5 Å². The van der Waals surface area contributed by atoms with Gasteiger partial charge in [0.05, 0.1) is 17.1 Å². The fourth-order valence-electron chi connectivity index (χ4n) is 1.65. The van der Waals surface area contributed by atoms with Gasteiger partial charge in [0.2, 0.25) is 0 Å². The quantitative estimate of drug-likeness (QED) is 0.480. The predicted octanol–water partition coefficient (Wildman–Crippen LogP) is 2.04. The number of halogens is 2. The summed E-state index contributed by atoms with van der Waals surface area (Å²) in [7, 11) is 0. The van der Waals surface area contributed by atoms with Crippen LogP contribution in [0.2, 0.25) is 0 Å². The molecular formula is C11H11F2N5O2. The fourth-order valence-corrected chi connectivity index (χ4v) is 1.65. The third-order valence-electron chi connectivity index (χ3n) is 2.59. The minimum Gasteiger partial charge on any atom is -0.380 e. The van der Waals surface area contributed by atoms with Gasteiger partial charge in [-0.3, -0.25) is 15.2 Å². The van der Waals surface area contributed by atoms with Crippen molar-refractivity contribution < 1.29 is 13.7 Å². The lowest BCUT2D eigenvalue weighted by Gasteiger charge is -2.08. The van der Waals surface area contributed by atoms with Crippen LogP contribution in [0.4, 0.5) is 20.2 Å². The second-order valence-electron chi connectivity index (χ2n) is 4.00. The molecule has 0 aliphatic carbocycles. The number of nitro groups is 1. The molecule has 0 atom stereocenters. The molecule has 9 heteroatoms. The molecular weight excluding hydrogens is 272 g/mol. The normalized spacial score (nSPS) is 10.5. The second-order valence-corrected chi connectivity index (χ2v) is 4.00. The molecule has 7 nitrogen and oxygen atoms in total. The standard InChI is InChI=1S/C11H11F2N5O2/c12-8-4-7(18(19)20)5-9(13)11(8)14-3-1-2-10-15-6-16-17-10/h4-6,14H,1-3H2,(H,15,16,17). The predicted molar refractivity (Wildman–Crippen MR) is 66.2 cm³/mol. The first-order valence-corrected chi connectivity index (χ1v) is 5.79. The smallest absolute Gasteiger partial charge is 0.275 e. The average Bonchev–Trinajstić information content (AvgIpc) is 2.89. The highest BCUT2D eigenvalue weighted by molar-refractivity contribution is 5.51. The Hall–Kier alpha value is -2.58. The Kier molecular flexibility index (Phi) is 4.18. The molecule has 0 unspecified atom stereocenters. The molecule has 20 heavy (non-hydrogen) atoms. The number of nitro benzene ring substituents is 1. The summed E-state index contributed by atoms with van der Waals surface area (Å²) in [6.45, 7) is 0.298. The molecule has 0 aliphatic rings. The van der Waals surface area contributed by atoms with E-state index in [9.17, 15) is 18.9 Å². The summed E-state index contributed by atoms with van der Waals surface area (Å²) in [6, 6.07) is 1.36. The Labute approximate surface area is 112 Å². The monoisotopic (exact) mass is 283 g/mol. The molecule has 1 heterocycles. The van der Waals surface area contributed by atoms with E-state index >= 15 is 0 Å². The number of hydrogen-bond acceptors (Lipinski definition) is 5. The Morgan fingerprint density at radius 3 is 2.60 bits per heavy atom. The molecule has 2 N–H and O–H groups in total. The zero-order valence-corrected chi connectivity index (χ0v) is 10.3. The molecule has 106 valence electrons. The van der Waals surface area contributed by atoms with Crippen LogP contribution in [0.3, 0.4) is 0 Å². The van der Waals surface area contributed by atoms with Crippen molar-refractivity contribution in [3.05, 3.63) is 46.0 Å². The Balaban J connectivity index is 1.94. The van der Waals surface area contributed by atoms with Crippen molar-refractivity contribution in [2.24, 2.45) is 0 Å². The van der Waals surface area contributed by atoms with Crippen molar-refractivity contribution in [2.75, 3.05) is 11.9 Å². The minimum absolute atomic E-state index is 0.298. The largest absolute Gasteiger partial charge is 0.380 e. The zero-order chi connectivity index (χ0) is 14.5. The number of aromatic nitrogens is 3. The Morgan fingerprint density at radius 2 is 2.05 bits per heavy atom. The number of H-pyrrole nitrogens is 1. The van der Waals surface area contributed by atoms with Gasteiger partial charge in [0.1, 0.15) is 17.8 Å². The van der Waals surface area contributed by atoms with Crippen LogP contribution in [0.5, 0.6) is 0 Å². The first-order chi connectivity index (χ1) is 9.58. The van der Waals surface area contributed by atoms with Crippen molar-refractivity contribution in [1.29, 1.82) is 0 Å². The van der Waals surface area contributed by atoms with Gasteiger partial charge < -0.3 is 5.32 Å². The number of anilines is 1. The zero-order valence-electron chi connectivity index (χ0n) is 10.3. The highest BCUT2D eigenvalue weighted by Gasteiger charge is 2.16. The molecule has 2 aromatic rings. The minimum atomic E-state index is -0.989. The average molecular weight is 283 g/mol. The number of nitrogens with zero attached hydrogens (tertiary/aromatic N) is 3. The van der Waals surface area contributed by atoms with Gasteiger partial charge in [-0.25, -0.2) is 13.8 Å². The number of aryl methyl sites for hydroxylation is 1. The Morgan fingerprint density at radius 1 is 1.35 bits per heavy atom. The summed E-state index contributed by atoms with van der Waals surface area (Å²) in [5, 5.41) is 19.4. The van der Waals surface area contributed by atoms with Crippen LogP contribution in [-0.2, 0) is 6.42 Å². The lowest BCUT2D eigenvalue weighted by molar-refractivity contribution is -0.385. The number of rotatable bonds is 6. The van der Waals surface area contributed by atoms with Crippen molar-refractivity contribution >= 4 is 11.4 Å². The van der Waals surface area contributed by atoms with E-state index in [1.165, 1.54) is 6.33 Å². The van der Waals surface area contributed by atoms with Gasteiger partial charge in [0.15, 0.2) is 11.6 Å². The van der Waals surface area contributed by atoms with Gasteiger partial charge in [0, 0.05) is 13.0 Å². The highest BCUT2D eigenvalue weighted by Crippen LogP contribution is 2.24. The third-order valence-corrected chi connectivity index (χ3v) is 2.59. The number of aromatic amines is 1. The van der Waals surface area contributed by atoms with Crippen LogP contribution in [0.1, 0.15) is 12.2 Å². The maximum atomic E-state index is 13.5. The first-order valence-electron chi connectivity index (χ1n) is 5.79.